The Kier molecular flexibility index (Phi) is 5.28. The van der Waals surface area contributed by atoms with E-state index in [1.165, 1.54) is 16.9 Å². The second-order valence-electron chi connectivity index (χ2n) is 6.54. The molecule has 0 saturated heterocycles. The van der Waals surface area contributed by atoms with Gasteiger partial charge >= 0.3 is 0 Å². The maximum absolute atomic E-state index is 12.6. The van der Waals surface area contributed by atoms with Gasteiger partial charge in [0, 0.05) is 16.0 Å². The summed E-state index contributed by atoms with van der Waals surface area (Å²) in [5.41, 5.74) is 4.80. The molecule has 3 rings (SSSR count). The molecule has 2 aromatic heterocycles. The number of thiazole rings is 1. The molecular formula is C21H24N2O2S. The molecule has 1 N–H and O–H groups in total. The molecule has 0 fully saturated rings. The van der Waals surface area contributed by atoms with Crippen molar-refractivity contribution in [3.63, 3.8) is 0 Å². The number of nitrogens with one attached hydrogen (secondary N) is 1. The lowest BCUT2D eigenvalue weighted by molar-refractivity contribution is 0.102. The van der Waals surface area contributed by atoms with E-state index in [9.17, 15) is 4.79 Å². The van der Waals surface area contributed by atoms with Gasteiger partial charge < -0.3 is 4.42 Å². The molecule has 0 spiro atoms. The number of aromatic nitrogens is 1. The topological polar surface area (TPSA) is 55.1 Å². The molecule has 4 nitrogen and oxygen atoms in total. The van der Waals surface area contributed by atoms with Gasteiger partial charge in [0.25, 0.3) is 5.91 Å². The van der Waals surface area contributed by atoms with Crippen molar-refractivity contribution in [1.82, 2.24) is 4.98 Å². The highest BCUT2D eigenvalue weighted by molar-refractivity contribution is 7.16. The average Bonchev–Trinajstić information content (AvgIpc) is 3.07. The van der Waals surface area contributed by atoms with Crippen molar-refractivity contribution in [2.45, 2.75) is 47.5 Å². The minimum absolute atomic E-state index is 0.171. The number of amides is 1. The summed E-state index contributed by atoms with van der Waals surface area (Å²) in [5.74, 6) is 1.24. The Balaban J connectivity index is 1.83. The Morgan fingerprint density at radius 2 is 1.81 bits per heavy atom. The molecule has 0 bridgehead atoms. The molecule has 2 heterocycles. The van der Waals surface area contributed by atoms with Crippen LogP contribution in [0.25, 0.3) is 11.3 Å². The van der Waals surface area contributed by atoms with Crippen LogP contribution in [0.4, 0.5) is 5.13 Å². The SMILES string of the molecule is CCCc1ccc(-c2nc(NC(=O)c3c(C)oc(C)c3C)sc2C)cc1. The molecule has 0 radical (unpaired) electrons. The van der Waals surface area contributed by atoms with Gasteiger partial charge in [0.1, 0.15) is 11.5 Å². The Morgan fingerprint density at radius 3 is 2.38 bits per heavy atom. The van der Waals surface area contributed by atoms with Crippen LogP contribution < -0.4 is 5.32 Å². The Morgan fingerprint density at radius 1 is 1.12 bits per heavy atom. The fourth-order valence-electron chi connectivity index (χ4n) is 3.12. The Hall–Kier alpha value is -2.40. The second-order valence-corrected chi connectivity index (χ2v) is 7.74. The maximum Gasteiger partial charge on any atom is 0.261 e. The molecule has 1 amide bonds. The van der Waals surface area contributed by atoms with E-state index in [2.05, 4.69) is 41.5 Å². The zero-order chi connectivity index (χ0) is 18.8. The third-order valence-electron chi connectivity index (χ3n) is 4.57. The van der Waals surface area contributed by atoms with Crippen LogP contribution in [-0.4, -0.2) is 10.9 Å². The summed E-state index contributed by atoms with van der Waals surface area (Å²) in [6, 6.07) is 8.51. The highest BCUT2D eigenvalue weighted by atomic mass is 32.1. The first kappa shape index (κ1) is 18.4. The molecule has 26 heavy (non-hydrogen) atoms. The number of anilines is 1. The van der Waals surface area contributed by atoms with Gasteiger partial charge in [0.05, 0.1) is 11.3 Å². The highest BCUT2D eigenvalue weighted by Gasteiger charge is 2.20. The monoisotopic (exact) mass is 368 g/mol. The summed E-state index contributed by atoms with van der Waals surface area (Å²) >= 11 is 1.49. The number of furan rings is 1. The standard InChI is InChI=1S/C21H24N2O2S/c1-6-7-16-8-10-17(11-9-16)19-15(5)26-21(22-19)23-20(24)18-12(2)13(3)25-14(18)4/h8-11H,6-7H2,1-5H3,(H,22,23,24). The predicted octanol–water partition coefficient (Wildman–Crippen LogP) is 5.84. The summed E-state index contributed by atoms with van der Waals surface area (Å²) in [4.78, 5) is 18.4. The van der Waals surface area contributed by atoms with Gasteiger partial charge in [0.2, 0.25) is 0 Å². The van der Waals surface area contributed by atoms with E-state index < -0.39 is 0 Å². The summed E-state index contributed by atoms with van der Waals surface area (Å²) in [7, 11) is 0. The van der Waals surface area contributed by atoms with Crippen molar-refractivity contribution in [2.75, 3.05) is 5.32 Å². The first-order valence-electron chi connectivity index (χ1n) is 8.85. The van der Waals surface area contributed by atoms with Crippen LogP contribution in [-0.2, 0) is 6.42 Å². The molecule has 0 aliphatic heterocycles. The number of rotatable bonds is 5. The van der Waals surface area contributed by atoms with E-state index in [1.54, 1.807) is 0 Å². The van der Waals surface area contributed by atoms with Gasteiger partial charge in [-0.1, -0.05) is 37.6 Å². The fraction of sp³-hybridized carbons (Fsp3) is 0.333. The molecule has 0 unspecified atom stereocenters. The van der Waals surface area contributed by atoms with Crippen LogP contribution in [0.5, 0.6) is 0 Å². The third-order valence-corrected chi connectivity index (χ3v) is 5.46. The van der Waals surface area contributed by atoms with Crippen molar-refractivity contribution in [1.29, 1.82) is 0 Å². The van der Waals surface area contributed by atoms with E-state index in [0.29, 0.717) is 16.5 Å². The van der Waals surface area contributed by atoms with Crippen LogP contribution in [0.2, 0.25) is 0 Å². The zero-order valence-electron chi connectivity index (χ0n) is 15.9. The zero-order valence-corrected chi connectivity index (χ0v) is 16.7. The molecule has 136 valence electrons. The summed E-state index contributed by atoms with van der Waals surface area (Å²) in [5, 5.41) is 3.53. The van der Waals surface area contributed by atoms with E-state index >= 15 is 0 Å². The van der Waals surface area contributed by atoms with Crippen LogP contribution >= 0.6 is 11.3 Å². The molecule has 0 saturated carbocycles. The average molecular weight is 369 g/mol. The van der Waals surface area contributed by atoms with Gasteiger partial charge in [-0.05, 0) is 39.7 Å². The summed E-state index contributed by atoms with van der Waals surface area (Å²) < 4.78 is 5.56. The van der Waals surface area contributed by atoms with Crippen molar-refractivity contribution < 1.29 is 9.21 Å². The van der Waals surface area contributed by atoms with Crippen molar-refractivity contribution >= 4 is 22.4 Å². The van der Waals surface area contributed by atoms with E-state index in [1.807, 2.05) is 27.7 Å². The number of carbonyl (C=O) groups excluding carboxylic acids is 1. The van der Waals surface area contributed by atoms with Crippen molar-refractivity contribution in [3.8, 4) is 11.3 Å². The molecule has 3 aromatic rings. The lowest BCUT2D eigenvalue weighted by Crippen LogP contribution is -2.13. The quantitative estimate of drug-likeness (QED) is 0.615. The molecule has 0 aliphatic rings. The highest BCUT2D eigenvalue weighted by Crippen LogP contribution is 2.31. The van der Waals surface area contributed by atoms with Crippen LogP contribution in [0.15, 0.2) is 28.7 Å². The molecular weight excluding hydrogens is 344 g/mol. The molecule has 0 atom stereocenters. The number of aryl methyl sites for hydroxylation is 4. The van der Waals surface area contributed by atoms with Gasteiger partial charge in [-0.25, -0.2) is 4.98 Å². The fourth-order valence-corrected chi connectivity index (χ4v) is 3.95. The summed E-state index contributed by atoms with van der Waals surface area (Å²) in [6.07, 6.45) is 2.22. The third kappa shape index (κ3) is 3.58. The van der Waals surface area contributed by atoms with E-state index in [-0.39, 0.29) is 5.91 Å². The van der Waals surface area contributed by atoms with E-state index in [0.717, 1.165) is 40.3 Å². The smallest absolute Gasteiger partial charge is 0.261 e. The number of hydrogen-bond acceptors (Lipinski definition) is 4. The van der Waals surface area contributed by atoms with E-state index in [4.69, 9.17) is 4.42 Å². The van der Waals surface area contributed by atoms with Crippen LogP contribution in [0, 0.1) is 27.7 Å². The van der Waals surface area contributed by atoms with Crippen molar-refractivity contribution in [3.05, 3.63) is 57.4 Å². The summed E-state index contributed by atoms with van der Waals surface area (Å²) in [6.45, 7) is 9.79. The minimum atomic E-state index is -0.171. The second kappa shape index (κ2) is 7.46. The lowest BCUT2D eigenvalue weighted by Gasteiger charge is -2.02. The Bertz CT molecular complexity index is 936. The van der Waals surface area contributed by atoms with Crippen LogP contribution in [0.1, 0.15) is 51.2 Å². The first-order valence-corrected chi connectivity index (χ1v) is 9.67. The van der Waals surface area contributed by atoms with Gasteiger partial charge in [-0.15, -0.1) is 11.3 Å². The Labute approximate surface area is 158 Å². The first-order chi connectivity index (χ1) is 12.4. The number of hydrogen-bond donors (Lipinski definition) is 1. The maximum atomic E-state index is 12.6. The molecule has 1 aromatic carbocycles. The number of nitrogens with zero attached hydrogens (tertiary/aromatic N) is 1. The van der Waals surface area contributed by atoms with Gasteiger partial charge in [0.15, 0.2) is 5.13 Å². The predicted molar refractivity (Wildman–Crippen MR) is 107 cm³/mol. The minimum Gasteiger partial charge on any atom is -0.466 e. The molecule has 5 heteroatoms. The largest absolute Gasteiger partial charge is 0.466 e. The van der Waals surface area contributed by atoms with Gasteiger partial charge in [-0.2, -0.15) is 0 Å². The van der Waals surface area contributed by atoms with Crippen LogP contribution in [0.3, 0.4) is 0 Å². The lowest BCUT2D eigenvalue weighted by atomic mass is 10.1. The number of carbonyl (C=O) groups is 1. The normalized spacial score (nSPS) is 11.0. The van der Waals surface area contributed by atoms with Gasteiger partial charge in [-0.3, -0.25) is 10.1 Å². The van der Waals surface area contributed by atoms with Crippen molar-refractivity contribution in [2.24, 2.45) is 0 Å². The molecule has 0 aliphatic carbocycles. The number of benzene rings is 1.